The van der Waals surface area contributed by atoms with E-state index in [4.69, 9.17) is 9.90 Å². The Morgan fingerprint density at radius 1 is 1.17 bits per heavy atom. The van der Waals surface area contributed by atoms with Crippen molar-refractivity contribution >= 4 is 17.4 Å². The predicted octanol–water partition coefficient (Wildman–Crippen LogP) is 3.36. The Balaban J connectivity index is 0.000000526. The minimum atomic E-state index is -0.250. The first-order chi connectivity index (χ1) is 11.6. The van der Waals surface area contributed by atoms with Gasteiger partial charge in [-0.2, -0.15) is 5.10 Å². The molecule has 0 spiro atoms. The summed E-state index contributed by atoms with van der Waals surface area (Å²) < 4.78 is 1.96. The zero-order valence-corrected chi connectivity index (χ0v) is 14.5. The molecule has 24 heavy (non-hydrogen) atoms. The van der Waals surface area contributed by atoms with Crippen molar-refractivity contribution < 1.29 is 9.90 Å². The molecular formula is C19H27N3O2. The van der Waals surface area contributed by atoms with E-state index in [-0.39, 0.29) is 6.47 Å². The third kappa shape index (κ3) is 3.78. The number of fused-ring (bicyclic) bond motifs is 1. The largest absolute Gasteiger partial charge is 0.483 e. The molecule has 130 valence electrons. The van der Waals surface area contributed by atoms with E-state index in [2.05, 4.69) is 35.7 Å². The van der Waals surface area contributed by atoms with E-state index < -0.39 is 0 Å². The van der Waals surface area contributed by atoms with E-state index >= 15 is 0 Å². The summed E-state index contributed by atoms with van der Waals surface area (Å²) in [7, 11) is 2.03. The second-order valence-corrected chi connectivity index (χ2v) is 7.13. The first-order valence-corrected chi connectivity index (χ1v) is 8.89. The van der Waals surface area contributed by atoms with Crippen LogP contribution in [0.2, 0.25) is 0 Å². The maximum absolute atomic E-state index is 8.36. The quantitative estimate of drug-likeness (QED) is 0.847. The van der Waals surface area contributed by atoms with Crippen molar-refractivity contribution in [2.75, 3.05) is 0 Å². The highest BCUT2D eigenvalue weighted by Gasteiger charge is 2.29. The van der Waals surface area contributed by atoms with Gasteiger partial charge in [-0.15, -0.1) is 0 Å². The topological polar surface area (TPSA) is 67.2 Å². The molecule has 2 fully saturated rings. The average Bonchev–Trinajstić information content (AvgIpc) is 3.28. The molecule has 0 saturated heterocycles. The van der Waals surface area contributed by atoms with Gasteiger partial charge in [-0.25, -0.2) is 0 Å². The highest BCUT2D eigenvalue weighted by Crippen LogP contribution is 2.37. The molecule has 0 bridgehead atoms. The maximum atomic E-state index is 8.36. The van der Waals surface area contributed by atoms with Gasteiger partial charge in [0.15, 0.2) is 0 Å². The number of rotatable bonds is 3. The van der Waals surface area contributed by atoms with Crippen LogP contribution < -0.4 is 5.32 Å². The first-order valence-electron chi connectivity index (χ1n) is 8.89. The van der Waals surface area contributed by atoms with E-state index in [1.807, 2.05) is 11.7 Å². The van der Waals surface area contributed by atoms with Crippen LogP contribution in [0.4, 0.5) is 0 Å². The molecule has 2 aliphatic carbocycles. The molecule has 0 atom stereocenters. The van der Waals surface area contributed by atoms with Crippen LogP contribution in [0.3, 0.4) is 0 Å². The van der Waals surface area contributed by atoms with Crippen molar-refractivity contribution in [2.45, 2.75) is 63.5 Å². The summed E-state index contributed by atoms with van der Waals surface area (Å²) in [5.74, 6) is 0.717. The fraction of sp³-hybridized carbons (Fsp3) is 0.579. The lowest BCUT2D eigenvalue weighted by molar-refractivity contribution is -0.122. The van der Waals surface area contributed by atoms with E-state index in [1.54, 1.807) is 0 Å². The third-order valence-corrected chi connectivity index (χ3v) is 5.24. The van der Waals surface area contributed by atoms with E-state index in [0.29, 0.717) is 0 Å². The van der Waals surface area contributed by atoms with E-state index in [0.717, 1.165) is 18.0 Å². The zero-order valence-electron chi connectivity index (χ0n) is 14.5. The van der Waals surface area contributed by atoms with Gasteiger partial charge in [-0.05, 0) is 62.5 Å². The molecule has 5 nitrogen and oxygen atoms in total. The molecule has 5 heteroatoms. The van der Waals surface area contributed by atoms with Crippen LogP contribution in [0.15, 0.2) is 18.3 Å². The van der Waals surface area contributed by atoms with Crippen LogP contribution in [-0.4, -0.2) is 33.4 Å². The summed E-state index contributed by atoms with van der Waals surface area (Å²) in [6.45, 7) is 1.91. The Hall–Kier alpha value is -1.88. The fourth-order valence-corrected chi connectivity index (χ4v) is 3.88. The van der Waals surface area contributed by atoms with Gasteiger partial charge in [0, 0.05) is 30.7 Å². The highest BCUT2D eigenvalue weighted by molar-refractivity contribution is 5.85. The molecule has 0 aliphatic heterocycles. The van der Waals surface area contributed by atoms with Gasteiger partial charge < -0.3 is 10.4 Å². The van der Waals surface area contributed by atoms with Crippen LogP contribution >= 0.6 is 0 Å². The highest BCUT2D eigenvalue weighted by atomic mass is 16.3. The minimum absolute atomic E-state index is 0.250. The van der Waals surface area contributed by atoms with Crippen LogP contribution in [0.5, 0.6) is 0 Å². The second-order valence-electron chi connectivity index (χ2n) is 7.13. The van der Waals surface area contributed by atoms with Crippen molar-refractivity contribution in [3.8, 4) is 0 Å². The molecule has 1 aromatic carbocycles. The molecule has 0 radical (unpaired) electrons. The van der Waals surface area contributed by atoms with Crippen LogP contribution in [-0.2, 0) is 11.8 Å². The summed E-state index contributed by atoms with van der Waals surface area (Å²) >= 11 is 0. The molecule has 1 aromatic heterocycles. The molecule has 2 aromatic rings. The Labute approximate surface area is 143 Å². The Morgan fingerprint density at radius 3 is 2.33 bits per heavy atom. The van der Waals surface area contributed by atoms with Gasteiger partial charge in [-0.3, -0.25) is 9.48 Å². The molecule has 2 aliphatic rings. The fourth-order valence-electron chi connectivity index (χ4n) is 3.88. The van der Waals surface area contributed by atoms with Crippen LogP contribution in [0.1, 0.15) is 55.6 Å². The van der Waals surface area contributed by atoms with Crippen molar-refractivity contribution in [1.82, 2.24) is 15.1 Å². The van der Waals surface area contributed by atoms with Crippen molar-refractivity contribution in [3.05, 3.63) is 29.5 Å². The maximum Gasteiger partial charge on any atom is 0.290 e. The summed E-state index contributed by atoms with van der Waals surface area (Å²) in [5, 5.41) is 16.7. The molecule has 0 amide bonds. The number of hydrogen-bond acceptors (Lipinski definition) is 3. The molecule has 1 heterocycles. The second kappa shape index (κ2) is 7.34. The normalized spacial score (nSPS) is 23.6. The number of aryl methyl sites for hydroxylation is 2. The third-order valence-electron chi connectivity index (χ3n) is 5.24. The number of carboxylic acid groups (broad SMARTS) is 1. The molecule has 0 unspecified atom stereocenters. The Kier molecular flexibility index (Phi) is 5.19. The van der Waals surface area contributed by atoms with Gasteiger partial charge in [0.25, 0.3) is 6.47 Å². The van der Waals surface area contributed by atoms with E-state index in [9.17, 15) is 0 Å². The minimum Gasteiger partial charge on any atom is -0.483 e. The standard InChI is InChI=1S/C18H25N3.CH2O2/c1-12-3-10-16(17-11-21(2)20-18(12)17)13-4-6-14(7-5-13)19-15-8-9-15;2-1-3/h3,10-11,13-15,19H,4-9H2,1-2H3;1H,(H,2,3). The smallest absolute Gasteiger partial charge is 0.290 e. The lowest BCUT2D eigenvalue weighted by Gasteiger charge is -2.30. The number of nitrogens with one attached hydrogen (secondary N) is 1. The summed E-state index contributed by atoms with van der Waals surface area (Å²) in [6.07, 6.45) is 10.3. The summed E-state index contributed by atoms with van der Waals surface area (Å²) in [6, 6.07) is 6.21. The number of aromatic nitrogens is 2. The molecule has 4 rings (SSSR count). The van der Waals surface area contributed by atoms with Crippen molar-refractivity contribution in [2.24, 2.45) is 7.05 Å². The zero-order chi connectivity index (χ0) is 17.1. The van der Waals surface area contributed by atoms with Gasteiger partial charge in [0.2, 0.25) is 0 Å². The van der Waals surface area contributed by atoms with Gasteiger partial charge >= 0.3 is 0 Å². The lowest BCUT2D eigenvalue weighted by Crippen LogP contribution is -2.34. The summed E-state index contributed by atoms with van der Waals surface area (Å²) in [4.78, 5) is 8.36. The number of benzene rings is 1. The summed E-state index contributed by atoms with van der Waals surface area (Å²) in [5.41, 5.74) is 4.00. The average molecular weight is 329 g/mol. The van der Waals surface area contributed by atoms with Gasteiger partial charge in [0.1, 0.15) is 0 Å². The van der Waals surface area contributed by atoms with Gasteiger partial charge in [-0.1, -0.05) is 12.1 Å². The van der Waals surface area contributed by atoms with Crippen molar-refractivity contribution in [1.29, 1.82) is 0 Å². The Bertz CT molecular complexity index is 698. The first kappa shape index (κ1) is 17.0. The molecular weight excluding hydrogens is 302 g/mol. The monoisotopic (exact) mass is 329 g/mol. The van der Waals surface area contributed by atoms with Crippen LogP contribution in [0, 0.1) is 6.92 Å². The Morgan fingerprint density at radius 2 is 1.75 bits per heavy atom. The molecule has 2 saturated carbocycles. The number of nitrogens with zero attached hydrogens (tertiary/aromatic N) is 2. The predicted molar refractivity (Wildman–Crippen MR) is 95.3 cm³/mol. The lowest BCUT2D eigenvalue weighted by atomic mass is 9.80. The van der Waals surface area contributed by atoms with Crippen LogP contribution in [0.25, 0.3) is 10.9 Å². The van der Waals surface area contributed by atoms with Gasteiger partial charge in [0.05, 0.1) is 5.52 Å². The molecule has 2 N–H and O–H groups in total. The number of hydrogen-bond donors (Lipinski definition) is 2. The number of carbonyl (C=O) groups is 1. The van der Waals surface area contributed by atoms with E-state index in [1.165, 1.54) is 60.6 Å². The van der Waals surface area contributed by atoms with Crippen molar-refractivity contribution in [3.63, 3.8) is 0 Å². The SMILES string of the molecule is Cc1ccc(C2CCC(NC3CC3)CC2)c2cn(C)nc12.O=CO.